The summed E-state index contributed by atoms with van der Waals surface area (Å²) < 4.78 is 12.1. The van der Waals surface area contributed by atoms with Crippen LogP contribution in [-0.2, 0) is 11.3 Å². The van der Waals surface area contributed by atoms with Crippen molar-refractivity contribution in [1.82, 2.24) is 5.32 Å². The maximum atomic E-state index is 11.0. The highest BCUT2D eigenvalue weighted by molar-refractivity contribution is 14.1. The van der Waals surface area contributed by atoms with Gasteiger partial charge in [-0.25, -0.2) is 0 Å². The Hall–Kier alpha value is -1.51. The average molecular weight is 491 g/mol. The Morgan fingerprint density at radius 1 is 1.23 bits per heavy atom. The minimum atomic E-state index is -0.513. The number of benzene rings is 2. The lowest BCUT2D eigenvalue weighted by atomic mass is 10.1. The van der Waals surface area contributed by atoms with E-state index in [1.54, 1.807) is 0 Å². The van der Waals surface area contributed by atoms with E-state index in [0.717, 1.165) is 9.13 Å². The van der Waals surface area contributed by atoms with E-state index in [1.807, 2.05) is 37.3 Å². The summed E-state index contributed by atoms with van der Waals surface area (Å²) in [6.07, 6.45) is 0. The molecule has 0 aliphatic carbocycles. The molecule has 0 saturated heterocycles. The van der Waals surface area contributed by atoms with Gasteiger partial charge in [0.05, 0.1) is 10.2 Å². The molecular weight excluding hydrogens is 467 g/mol. The summed E-state index contributed by atoms with van der Waals surface area (Å²) >= 11 is 2.18. The lowest BCUT2D eigenvalue weighted by Crippen LogP contribution is -2.21. The molecule has 0 radical (unpaired) electrons. The highest BCUT2D eigenvalue weighted by Crippen LogP contribution is 2.34. The van der Waals surface area contributed by atoms with Crippen LogP contribution in [0.5, 0.6) is 11.5 Å². The summed E-state index contributed by atoms with van der Waals surface area (Å²) in [6.45, 7) is 5.09. The second kappa shape index (κ2) is 11.3. The third-order valence-corrected chi connectivity index (χ3v) is 4.44. The molecule has 142 valence electrons. The van der Waals surface area contributed by atoms with Gasteiger partial charge in [0, 0.05) is 12.6 Å². The van der Waals surface area contributed by atoms with E-state index in [0.29, 0.717) is 24.7 Å². The van der Waals surface area contributed by atoms with E-state index in [1.165, 1.54) is 5.56 Å². The first-order valence-electron chi connectivity index (χ1n) is 8.16. The molecule has 1 amide bonds. The molecule has 26 heavy (non-hydrogen) atoms. The molecule has 0 saturated carbocycles. The van der Waals surface area contributed by atoms with Crippen molar-refractivity contribution in [3.05, 3.63) is 57.2 Å². The zero-order valence-electron chi connectivity index (χ0n) is 14.8. The fourth-order valence-electron chi connectivity index (χ4n) is 2.40. The first-order chi connectivity index (χ1) is 12.0. The number of hydrogen-bond donors (Lipinski definition) is 2. The van der Waals surface area contributed by atoms with Crippen molar-refractivity contribution >= 4 is 40.9 Å². The van der Waals surface area contributed by atoms with Crippen LogP contribution >= 0.6 is 35.0 Å². The van der Waals surface area contributed by atoms with Crippen LogP contribution in [0.4, 0.5) is 0 Å². The maximum absolute atomic E-state index is 11.0. The first kappa shape index (κ1) is 22.5. The summed E-state index contributed by atoms with van der Waals surface area (Å²) in [5.41, 5.74) is 7.49. The fourth-order valence-corrected chi connectivity index (χ4v) is 3.22. The molecular formula is C19H24ClIN2O3. The van der Waals surface area contributed by atoms with Crippen LogP contribution in [0, 0.1) is 3.57 Å². The number of hydrogen-bond acceptors (Lipinski definition) is 4. The lowest BCUT2D eigenvalue weighted by Gasteiger charge is -2.17. The van der Waals surface area contributed by atoms with Gasteiger partial charge in [-0.3, -0.25) is 4.79 Å². The Balaban J connectivity index is 0.00000338. The van der Waals surface area contributed by atoms with Gasteiger partial charge >= 0.3 is 0 Å². The number of carbonyl (C=O) groups is 1. The highest BCUT2D eigenvalue weighted by Gasteiger charge is 2.14. The van der Waals surface area contributed by atoms with Gasteiger partial charge in [0.25, 0.3) is 5.91 Å². The third kappa shape index (κ3) is 6.66. The number of ether oxygens (including phenoxy) is 2. The van der Waals surface area contributed by atoms with Gasteiger partial charge in [-0.15, -0.1) is 12.4 Å². The summed E-state index contributed by atoms with van der Waals surface area (Å²) in [4.78, 5) is 11.0. The minimum Gasteiger partial charge on any atom is -0.490 e. The molecule has 3 N–H and O–H groups in total. The predicted octanol–water partition coefficient (Wildman–Crippen LogP) is 3.83. The molecule has 0 aromatic heterocycles. The van der Waals surface area contributed by atoms with Crippen LogP contribution in [0.1, 0.15) is 31.0 Å². The Labute approximate surface area is 174 Å². The van der Waals surface area contributed by atoms with Crippen LogP contribution < -0.4 is 20.5 Å². The fraction of sp³-hybridized carbons (Fsp3) is 0.316. The van der Waals surface area contributed by atoms with E-state index in [-0.39, 0.29) is 25.1 Å². The van der Waals surface area contributed by atoms with E-state index in [4.69, 9.17) is 15.2 Å². The van der Waals surface area contributed by atoms with Crippen molar-refractivity contribution in [2.24, 2.45) is 5.73 Å². The quantitative estimate of drug-likeness (QED) is 0.524. The number of carbonyl (C=O) groups excluding carboxylic acids is 1. The monoisotopic (exact) mass is 490 g/mol. The lowest BCUT2D eigenvalue weighted by molar-refractivity contribution is -0.119. The van der Waals surface area contributed by atoms with Crippen molar-refractivity contribution in [2.45, 2.75) is 26.4 Å². The average Bonchev–Trinajstić information content (AvgIpc) is 2.59. The smallest absolute Gasteiger partial charge is 0.255 e. The number of amides is 1. The molecule has 0 heterocycles. The maximum Gasteiger partial charge on any atom is 0.255 e. The molecule has 2 rings (SSSR count). The minimum absolute atomic E-state index is 0. The van der Waals surface area contributed by atoms with Gasteiger partial charge in [-0.05, 0) is 59.7 Å². The van der Waals surface area contributed by atoms with Crippen molar-refractivity contribution in [3.63, 3.8) is 0 Å². The molecule has 0 aliphatic rings. The molecule has 0 spiro atoms. The molecule has 1 unspecified atom stereocenters. The Bertz CT molecular complexity index is 713. The van der Waals surface area contributed by atoms with Crippen molar-refractivity contribution < 1.29 is 14.3 Å². The van der Waals surface area contributed by atoms with Gasteiger partial charge in [-0.2, -0.15) is 0 Å². The standard InChI is InChI=1S/C19H23IN2O3.ClH/c1-3-24-17-10-14(9-16(20)19(17)25-12-18(21)23)11-22-13(2)15-7-5-4-6-8-15;/h4-10,13,22H,3,11-12H2,1-2H3,(H2,21,23);1H. The van der Waals surface area contributed by atoms with Crippen LogP contribution in [0.15, 0.2) is 42.5 Å². The van der Waals surface area contributed by atoms with E-state index in [9.17, 15) is 4.79 Å². The summed E-state index contributed by atoms with van der Waals surface area (Å²) in [7, 11) is 0. The normalized spacial score (nSPS) is 11.3. The Morgan fingerprint density at radius 3 is 2.54 bits per heavy atom. The van der Waals surface area contributed by atoms with E-state index < -0.39 is 5.91 Å². The van der Waals surface area contributed by atoms with Crippen LogP contribution in [0.25, 0.3) is 0 Å². The van der Waals surface area contributed by atoms with Gasteiger partial charge in [-0.1, -0.05) is 30.3 Å². The number of rotatable bonds is 9. The highest BCUT2D eigenvalue weighted by atomic mass is 127. The number of primary amides is 1. The molecule has 1 atom stereocenters. The molecule has 7 heteroatoms. The summed E-state index contributed by atoms with van der Waals surface area (Å²) in [6, 6.07) is 14.5. The van der Waals surface area contributed by atoms with Gasteiger partial charge in [0.15, 0.2) is 18.1 Å². The van der Waals surface area contributed by atoms with Gasteiger partial charge in [0.1, 0.15) is 0 Å². The first-order valence-corrected chi connectivity index (χ1v) is 9.23. The van der Waals surface area contributed by atoms with Crippen LogP contribution in [-0.4, -0.2) is 19.1 Å². The SMILES string of the molecule is CCOc1cc(CNC(C)c2ccccc2)cc(I)c1OCC(N)=O.Cl. The predicted molar refractivity (Wildman–Crippen MR) is 114 cm³/mol. The van der Waals surface area contributed by atoms with Crippen LogP contribution in [0.2, 0.25) is 0 Å². The third-order valence-electron chi connectivity index (χ3n) is 3.64. The number of nitrogens with one attached hydrogen (secondary N) is 1. The van der Waals surface area contributed by atoms with Gasteiger partial charge < -0.3 is 20.5 Å². The zero-order valence-corrected chi connectivity index (χ0v) is 17.8. The largest absolute Gasteiger partial charge is 0.490 e. The summed E-state index contributed by atoms with van der Waals surface area (Å²) in [5.74, 6) is 0.668. The Kier molecular flexibility index (Phi) is 9.75. The van der Waals surface area contributed by atoms with Gasteiger partial charge in [0.2, 0.25) is 0 Å². The molecule has 0 aliphatic heterocycles. The number of halogens is 2. The molecule has 0 fully saturated rings. The summed E-state index contributed by atoms with van der Waals surface area (Å²) in [5, 5.41) is 3.51. The Morgan fingerprint density at radius 2 is 1.92 bits per heavy atom. The van der Waals surface area contributed by atoms with E-state index in [2.05, 4.69) is 47.0 Å². The molecule has 0 bridgehead atoms. The van der Waals surface area contributed by atoms with Crippen LogP contribution in [0.3, 0.4) is 0 Å². The van der Waals surface area contributed by atoms with E-state index >= 15 is 0 Å². The zero-order chi connectivity index (χ0) is 18.2. The molecule has 2 aromatic rings. The molecule has 5 nitrogen and oxygen atoms in total. The van der Waals surface area contributed by atoms with Crippen molar-refractivity contribution in [1.29, 1.82) is 0 Å². The second-order valence-corrected chi connectivity index (χ2v) is 6.77. The topological polar surface area (TPSA) is 73.6 Å². The second-order valence-electron chi connectivity index (χ2n) is 5.61. The number of nitrogens with two attached hydrogens (primary N) is 1. The van der Waals surface area contributed by atoms with Crippen molar-refractivity contribution in [3.8, 4) is 11.5 Å². The molecule has 2 aromatic carbocycles. The van der Waals surface area contributed by atoms with Crippen molar-refractivity contribution in [2.75, 3.05) is 13.2 Å².